The van der Waals surface area contributed by atoms with Gasteiger partial charge in [-0.2, -0.15) is 0 Å². The Kier molecular flexibility index (Phi) is 4.73. The molecule has 0 bridgehead atoms. The summed E-state index contributed by atoms with van der Waals surface area (Å²) < 4.78 is 0. The molecule has 0 N–H and O–H groups in total. The second kappa shape index (κ2) is 5.66. The van der Waals surface area contributed by atoms with Gasteiger partial charge in [0.2, 0.25) is 0 Å². The van der Waals surface area contributed by atoms with Crippen LogP contribution in [0.2, 0.25) is 0 Å². The molecule has 0 aromatic rings. The van der Waals surface area contributed by atoms with Crippen molar-refractivity contribution >= 4 is 5.78 Å². The normalized spacial score (nSPS) is 28.7. The minimum atomic E-state index is -0.127. The third-order valence-corrected chi connectivity index (χ3v) is 4.36. The highest BCUT2D eigenvalue weighted by molar-refractivity contribution is 5.82. The van der Waals surface area contributed by atoms with Crippen molar-refractivity contribution in [3.8, 4) is 0 Å². The van der Waals surface area contributed by atoms with E-state index in [0.717, 1.165) is 19.3 Å². The van der Waals surface area contributed by atoms with E-state index in [1.165, 1.54) is 24.0 Å². The van der Waals surface area contributed by atoms with Crippen molar-refractivity contribution in [1.29, 1.82) is 0 Å². The lowest BCUT2D eigenvalue weighted by Gasteiger charge is -2.36. The Hall–Kier alpha value is -0.850. The predicted octanol–water partition coefficient (Wildman–Crippen LogP) is 4.68. The zero-order valence-electron chi connectivity index (χ0n) is 11.8. The highest BCUT2D eigenvalue weighted by Crippen LogP contribution is 2.41. The molecule has 0 saturated carbocycles. The van der Waals surface area contributed by atoms with E-state index >= 15 is 0 Å². The Bertz CT molecular complexity index is 337. The van der Waals surface area contributed by atoms with Crippen LogP contribution in [-0.2, 0) is 4.79 Å². The van der Waals surface area contributed by atoms with E-state index in [9.17, 15) is 4.79 Å². The van der Waals surface area contributed by atoms with Crippen LogP contribution >= 0.6 is 0 Å². The Balaban J connectivity index is 2.57. The van der Waals surface area contributed by atoms with Gasteiger partial charge in [-0.05, 0) is 51.9 Å². The maximum absolute atomic E-state index is 11.7. The molecule has 17 heavy (non-hydrogen) atoms. The number of hydrogen-bond donors (Lipinski definition) is 0. The number of carbonyl (C=O) groups excluding carboxylic acids is 1. The summed E-state index contributed by atoms with van der Waals surface area (Å²) in [5, 5.41) is 0. The molecule has 0 spiro atoms. The number of rotatable bonds is 5. The molecule has 2 atom stereocenters. The van der Waals surface area contributed by atoms with Gasteiger partial charge < -0.3 is 0 Å². The summed E-state index contributed by atoms with van der Waals surface area (Å²) >= 11 is 0. The van der Waals surface area contributed by atoms with Crippen LogP contribution in [0.25, 0.3) is 0 Å². The van der Waals surface area contributed by atoms with Gasteiger partial charge in [-0.3, -0.25) is 4.79 Å². The monoisotopic (exact) mass is 234 g/mol. The number of carbonyl (C=O) groups is 1. The molecule has 0 radical (unpaired) electrons. The van der Waals surface area contributed by atoms with Gasteiger partial charge in [0.05, 0.1) is 0 Å². The molecular formula is C16H26O. The summed E-state index contributed by atoms with van der Waals surface area (Å²) in [5.41, 5.74) is 2.68. The molecule has 1 nitrogen and oxygen atoms in total. The molecular weight excluding hydrogens is 208 g/mol. The second-order valence-electron chi connectivity index (χ2n) is 5.90. The van der Waals surface area contributed by atoms with Crippen molar-refractivity contribution in [2.45, 2.75) is 59.8 Å². The van der Waals surface area contributed by atoms with Gasteiger partial charge in [-0.1, -0.05) is 31.1 Å². The summed E-state index contributed by atoms with van der Waals surface area (Å²) in [4.78, 5) is 11.7. The van der Waals surface area contributed by atoms with Crippen LogP contribution in [0, 0.1) is 11.3 Å². The van der Waals surface area contributed by atoms with Gasteiger partial charge in [0.25, 0.3) is 0 Å². The van der Waals surface area contributed by atoms with E-state index in [1.807, 2.05) is 0 Å². The van der Waals surface area contributed by atoms with Crippen molar-refractivity contribution in [2.24, 2.45) is 11.3 Å². The molecule has 0 saturated heterocycles. The molecule has 0 aliphatic heterocycles. The summed E-state index contributed by atoms with van der Waals surface area (Å²) in [6, 6.07) is 0. The topological polar surface area (TPSA) is 17.1 Å². The first kappa shape index (κ1) is 14.2. The van der Waals surface area contributed by atoms with Crippen molar-refractivity contribution in [3.05, 3.63) is 23.8 Å². The fourth-order valence-electron chi connectivity index (χ4n) is 2.59. The maximum atomic E-state index is 11.7. The lowest BCUT2D eigenvalue weighted by molar-refractivity contribution is -0.128. The third-order valence-electron chi connectivity index (χ3n) is 4.36. The van der Waals surface area contributed by atoms with Gasteiger partial charge >= 0.3 is 0 Å². The largest absolute Gasteiger partial charge is 0.299 e. The van der Waals surface area contributed by atoms with Crippen LogP contribution in [0.4, 0.5) is 0 Å². The van der Waals surface area contributed by atoms with Gasteiger partial charge in [-0.25, -0.2) is 0 Å². The Morgan fingerprint density at radius 1 is 1.53 bits per heavy atom. The highest BCUT2D eigenvalue weighted by atomic mass is 16.1. The van der Waals surface area contributed by atoms with Gasteiger partial charge in [0, 0.05) is 5.41 Å². The summed E-state index contributed by atoms with van der Waals surface area (Å²) in [5.74, 6) is 0.718. The molecule has 0 unspecified atom stereocenters. The van der Waals surface area contributed by atoms with Crippen LogP contribution in [-0.4, -0.2) is 5.78 Å². The first-order chi connectivity index (χ1) is 7.86. The first-order valence-corrected chi connectivity index (χ1v) is 6.71. The minimum absolute atomic E-state index is 0.127. The number of ketones is 1. The molecule has 1 rings (SSSR count). The molecule has 1 heteroatoms. The second-order valence-corrected chi connectivity index (χ2v) is 5.90. The van der Waals surface area contributed by atoms with Crippen LogP contribution in [0.3, 0.4) is 0 Å². The van der Waals surface area contributed by atoms with E-state index in [-0.39, 0.29) is 5.41 Å². The number of hydrogen-bond acceptors (Lipinski definition) is 1. The fraction of sp³-hybridized carbons (Fsp3) is 0.688. The first-order valence-electron chi connectivity index (χ1n) is 6.71. The summed E-state index contributed by atoms with van der Waals surface area (Å²) in [7, 11) is 0. The zero-order valence-corrected chi connectivity index (χ0v) is 11.8. The van der Waals surface area contributed by atoms with Gasteiger partial charge in [0.15, 0.2) is 0 Å². The average Bonchev–Trinajstić information content (AvgIpc) is 2.22. The van der Waals surface area contributed by atoms with E-state index in [1.54, 1.807) is 6.92 Å². The van der Waals surface area contributed by atoms with Crippen molar-refractivity contribution < 1.29 is 4.79 Å². The average molecular weight is 234 g/mol. The predicted molar refractivity (Wildman–Crippen MR) is 73.9 cm³/mol. The molecule has 96 valence electrons. The Labute approximate surface area is 106 Å². The molecule has 0 amide bonds. The van der Waals surface area contributed by atoms with E-state index < -0.39 is 0 Å². The Morgan fingerprint density at radius 2 is 2.18 bits per heavy atom. The van der Waals surface area contributed by atoms with E-state index in [0.29, 0.717) is 11.7 Å². The molecule has 0 aromatic heterocycles. The smallest absolute Gasteiger partial charge is 0.136 e. The van der Waals surface area contributed by atoms with Gasteiger partial charge in [0.1, 0.15) is 5.78 Å². The van der Waals surface area contributed by atoms with Crippen molar-refractivity contribution in [3.63, 3.8) is 0 Å². The molecule has 0 heterocycles. The van der Waals surface area contributed by atoms with Crippen molar-refractivity contribution in [2.75, 3.05) is 0 Å². The van der Waals surface area contributed by atoms with E-state index in [4.69, 9.17) is 0 Å². The number of Topliss-reactive ketones (excluding diaryl/α,β-unsaturated/α-hetero) is 1. The van der Waals surface area contributed by atoms with Crippen molar-refractivity contribution in [1.82, 2.24) is 0 Å². The highest BCUT2D eigenvalue weighted by Gasteiger charge is 2.37. The van der Waals surface area contributed by atoms with E-state index in [2.05, 4.69) is 33.4 Å². The van der Waals surface area contributed by atoms with Crippen LogP contribution < -0.4 is 0 Å². The quantitative estimate of drug-likeness (QED) is 0.631. The van der Waals surface area contributed by atoms with Gasteiger partial charge in [-0.15, -0.1) is 6.58 Å². The van der Waals surface area contributed by atoms with Crippen LogP contribution in [0.5, 0.6) is 0 Å². The number of allylic oxidation sites excluding steroid dienone is 3. The molecule has 1 aliphatic carbocycles. The SMILES string of the molecule is C=C(C)CCCC1=C[C@H](C)[C@@](C)(C(C)=O)CC1. The van der Waals surface area contributed by atoms with Crippen LogP contribution in [0.1, 0.15) is 59.8 Å². The lowest BCUT2D eigenvalue weighted by Crippen LogP contribution is -2.34. The molecule has 0 fully saturated rings. The molecule has 0 aromatic carbocycles. The zero-order chi connectivity index (χ0) is 13.1. The van der Waals surface area contributed by atoms with Crippen LogP contribution in [0.15, 0.2) is 23.8 Å². The standard InChI is InChI=1S/C16H26O/c1-12(2)7-6-8-15-9-10-16(5,14(4)17)13(3)11-15/h11,13H,1,6-10H2,2-5H3/t13-,16-/m0/s1. The summed E-state index contributed by atoms with van der Waals surface area (Å²) in [6.07, 6.45) is 7.94. The Morgan fingerprint density at radius 3 is 2.65 bits per heavy atom. The lowest BCUT2D eigenvalue weighted by atomic mass is 9.67. The maximum Gasteiger partial charge on any atom is 0.136 e. The summed E-state index contributed by atoms with van der Waals surface area (Å²) in [6.45, 7) is 12.0. The fourth-order valence-corrected chi connectivity index (χ4v) is 2.59. The minimum Gasteiger partial charge on any atom is -0.299 e. The third kappa shape index (κ3) is 3.55. The molecule has 1 aliphatic rings.